The summed E-state index contributed by atoms with van der Waals surface area (Å²) < 4.78 is 53.7. The first kappa shape index (κ1) is 13.2. The van der Waals surface area contributed by atoms with Crippen molar-refractivity contribution in [2.45, 2.75) is 6.18 Å². The van der Waals surface area contributed by atoms with Crippen LogP contribution in [0.1, 0.15) is 11.1 Å². The lowest BCUT2D eigenvalue weighted by Crippen LogP contribution is -2.04. The number of benzene rings is 1. The van der Waals surface area contributed by atoms with Crippen LogP contribution in [0.5, 0.6) is 0 Å². The molecule has 2 nitrogen and oxygen atoms in total. The van der Waals surface area contributed by atoms with Crippen LogP contribution in [0, 0.1) is 0 Å². The van der Waals surface area contributed by atoms with Gasteiger partial charge in [0.1, 0.15) is 0 Å². The molecule has 0 unspecified atom stereocenters. The second-order valence-electron chi connectivity index (χ2n) is 3.10. The standard InChI is InChI=1S/C11H8F4O2/c1-17-10(16)9(12)6-7-2-4-8(5-3-7)11(13,14)15/h2-6H,1H3/b9-6-. The number of carbonyl (C=O) groups excluding carboxylic acids is 1. The molecule has 0 saturated heterocycles. The summed E-state index contributed by atoms with van der Waals surface area (Å²) >= 11 is 0. The number of ether oxygens (including phenoxy) is 1. The highest BCUT2D eigenvalue weighted by molar-refractivity contribution is 5.91. The van der Waals surface area contributed by atoms with Gasteiger partial charge in [-0.25, -0.2) is 4.79 Å². The lowest BCUT2D eigenvalue weighted by atomic mass is 10.1. The molecule has 0 aromatic heterocycles. The second-order valence-corrected chi connectivity index (χ2v) is 3.10. The molecule has 6 heteroatoms. The molecular weight excluding hydrogens is 240 g/mol. The van der Waals surface area contributed by atoms with Gasteiger partial charge in [-0.3, -0.25) is 0 Å². The van der Waals surface area contributed by atoms with Crippen molar-refractivity contribution in [3.8, 4) is 0 Å². The van der Waals surface area contributed by atoms with E-state index in [1.54, 1.807) is 0 Å². The zero-order valence-corrected chi connectivity index (χ0v) is 8.72. The summed E-state index contributed by atoms with van der Waals surface area (Å²) in [5.74, 6) is -2.35. The molecule has 0 aliphatic heterocycles. The number of carbonyl (C=O) groups is 1. The largest absolute Gasteiger partial charge is 0.464 e. The Morgan fingerprint density at radius 2 is 1.76 bits per heavy atom. The van der Waals surface area contributed by atoms with Crippen molar-refractivity contribution in [1.29, 1.82) is 0 Å². The fourth-order valence-electron chi connectivity index (χ4n) is 1.07. The van der Waals surface area contributed by atoms with Crippen molar-refractivity contribution in [3.63, 3.8) is 0 Å². The van der Waals surface area contributed by atoms with Crippen molar-refractivity contribution in [2.75, 3.05) is 7.11 Å². The number of rotatable bonds is 2. The molecular formula is C11H8F4O2. The fraction of sp³-hybridized carbons (Fsp3) is 0.182. The van der Waals surface area contributed by atoms with E-state index in [0.29, 0.717) is 0 Å². The van der Waals surface area contributed by atoms with Crippen LogP contribution >= 0.6 is 0 Å². The van der Waals surface area contributed by atoms with Gasteiger partial charge in [-0.1, -0.05) is 12.1 Å². The molecule has 92 valence electrons. The molecule has 0 N–H and O–H groups in total. The molecule has 17 heavy (non-hydrogen) atoms. The van der Waals surface area contributed by atoms with Crippen LogP contribution in [0.3, 0.4) is 0 Å². The van der Waals surface area contributed by atoms with Crippen molar-refractivity contribution in [2.24, 2.45) is 0 Å². The summed E-state index contributed by atoms with van der Waals surface area (Å²) in [5, 5.41) is 0. The van der Waals surface area contributed by atoms with Gasteiger partial charge >= 0.3 is 12.1 Å². The van der Waals surface area contributed by atoms with Crippen LogP contribution in [-0.2, 0) is 15.7 Å². The Balaban J connectivity index is 2.93. The molecule has 0 heterocycles. The molecule has 0 spiro atoms. The summed E-state index contributed by atoms with van der Waals surface area (Å²) in [5.41, 5.74) is -0.700. The average molecular weight is 248 g/mol. The summed E-state index contributed by atoms with van der Waals surface area (Å²) in [6, 6.07) is 3.73. The third-order valence-electron chi connectivity index (χ3n) is 1.91. The highest BCUT2D eigenvalue weighted by atomic mass is 19.4. The highest BCUT2D eigenvalue weighted by Gasteiger charge is 2.29. The summed E-state index contributed by atoms with van der Waals surface area (Å²) in [6.45, 7) is 0. The van der Waals surface area contributed by atoms with Crippen molar-refractivity contribution in [3.05, 3.63) is 41.2 Å². The summed E-state index contributed by atoms with van der Waals surface area (Å²) in [4.78, 5) is 10.7. The van der Waals surface area contributed by atoms with Gasteiger partial charge in [-0.05, 0) is 23.8 Å². The van der Waals surface area contributed by atoms with Crippen molar-refractivity contribution < 1.29 is 27.1 Å². The minimum absolute atomic E-state index is 0.140. The molecule has 0 bridgehead atoms. The minimum atomic E-state index is -4.44. The Hall–Kier alpha value is -1.85. The lowest BCUT2D eigenvalue weighted by Gasteiger charge is -2.05. The van der Waals surface area contributed by atoms with Crippen LogP contribution in [0.2, 0.25) is 0 Å². The molecule has 0 saturated carbocycles. The Labute approximate surface area is 94.5 Å². The second kappa shape index (κ2) is 4.99. The number of methoxy groups -OCH3 is 1. The monoisotopic (exact) mass is 248 g/mol. The topological polar surface area (TPSA) is 26.3 Å². The molecule has 0 atom stereocenters. The first-order chi connectivity index (χ1) is 7.84. The van der Waals surface area contributed by atoms with E-state index in [0.717, 1.165) is 37.5 Å². The van der Waals surface area contributed by atoms with E-state index < -0.39 is 23.5 Å². The van der Waals surface area contributed by atoms with Gasteiger partial charge in [-0.15, -0.1) is 0 Å². The van der Waals surface area contributed by atoms with E-state index in [-0.39, 0.29) is 5.56 Å². The molecule has 1 rings (SSSR count). The molecule has 0 amide bonds. The van der Waals surface area contributed by atoms with Crippen LogP contribution in [0.15, 0.2) is 30.1 Å². The predicted octanol–water partition coefficient (Wildman–Crippen LogP) is 3.19. The van der Waals surface area contributed by atoms with Crippen LogP contribution < -0.4 is 0 Å². The molecule has 1 aromatic rings. The van der Waals surface area contributed by atoms with Crippen LogP contribution in [-0.4, -0.2) is 13.1 Å². The molecule has 0 radical (unpaired) electrons. The Morgan fingerprint density at radius 1 is 1.24 bits per heavy atom. The van der Waals surface area contributed by atoms with Crippen LogP contribution in [0.25, 0.3) is 6.08 Å². The van der Waals surface area contributed by atoms with E-state index in [2.05, 4.69) is 4.74 Å². The third kappa shape index (κ3) is 3.58. The lowest BCUT2D eigenvalue weighted by molar-refractivity contribution is -0.138. The van der Waals surface area contributed by atoms with E-state index >= 15 is 0 Å². The maximum absolute atomic E-state index is 13.0. The van der Waals surface area contributed by atoms with Crippen LogP contribution in [0.4, 0.5) is 17.6 Å². The van der Waals surface area contributed by atoms with Gasteiger partial charge in [0, 0.05) is 0 Å². The van der Waals surface area contributed by atoms with Gasteiger partial charge in [0.15, 0.2) is 0 Å². The average Bonchev–Trinajstić information content (AvgIpc) is 2.27. The number of hydrogen-bond acceptors (Lipinski definition) is 2. The van der Waals surface area contributed by atoms with Crippen molar-refractivity contribution in [1.82, 2.24) is 0 Å². The Bertz CT molecular complexity index is 432. The van der Waals surface area contributed by atoms with Crippen molar-refractivity contribution >= 4 is 12.0 Å². The quantitative estimate of drug-likeness (QED) is 0.456. The highest BCUT2D eigenvalue weighted by Crippen LogP contribution is 2.29. The molecule has 0 aliphatic rings. The summed E-state index contributed by atoms with van der Waals surface area (Å²) in [6.07, 6.45) is -3.64. The van der Waals surface area contributed by atoms with Gasteiger partial charge in [0.05, 0.1) is 12.7 Å². The predicted molar refractivity (Wildman–Crippen MR) is 52.5 cm³/mol. The zero-order valence-electron chi connectivity index (χ0n) is 8.72. The van der Waals surface area contributed by atoms with Gasteiger partial charge in [-0.2, -0.15) is 17.6 Å². The Kier molecular flexibility index (Phi) is 3.88. The SMILES string of the molecule is COC(=O)/C(F)=C/c1ccc(C(F)(F)F)cc1. The molecule has 0 aliphatic carbocycles. The van der Waals surface area contributed by atoms with Gasteiger partial charge < -0.3 is 4.74 Å². The van der Waals surface area contributed by atoms with E-state index in [4.69, 9.17) is 0 Å². The number of halogens is 4. The summed E-state index contributed by atoms with van der Waals surface area (Å²) in [7, 11) is 1.00. The van der Waals surface area contributed by atoms with Gasteiger partial charge in [0.2, 0.25) is 5.83 Å². The smallest absolute Gasteiger partial charge is 0.416 e. The first-order valence-corrected chi connectivity index (χ1v) is 4.47. The fourth-order valence-corrected chi connectivity index (χ4v) is 1.07. The molecule has 0 fully saturated rings. The maximum atomic E-state index is 13.0. The third-order valence-corrected chi connectivity index (χ3v) is 1.91. The number of esters is 1. The van der Waals surface area contributed by atoms with E-state index in [9.17, 15) is 22.4 Å². The number of alkyl halides is 3. The van der Waals surface area contributed by atoms with E-state index in [1.165, 1.54) is 0 Å². The van der Waals surface area contributed by atoms with Gasteiger partial charge in [0.25, 0.3) is 0 Å². The maximum Gasteiger partial charge on any atom is 0.416 e. The Morgan fingerprint density at radius 3 is 2.18 bits per heavy atom. The first-order valence-electron chi connectivity index (χ1n) is 4.47. The van der Waals surface area contributed by atoms with E-state index in [1.807, 2.05) is 0 Å². The number of hydrogen-bond donors (Lipinski definition) is 0. The zero-order chi connectivity index (χ0) is 13.1. The molecule has 1 aromatic carbocycles. The normalized spacial score (nSPS) is 12.4. The minimum Gasteiger partial charge on any atom is -0.464 e.